The van der Waals surface area contributed by atoms with Crippen LogP contribution in [0.1, 0.15) is 13.8 Å². The summed E-state index contributed by atoms with van der Waals surface area (Å²) in [5.41, 5.74) is 0.546. The van der Waals surface area contributed by atoms with Crippen LogP contribution < -0.4 is 0 Å². The molecule has 10 heavy (non-hydrogen) atoms. The molecule has 0 aliphatic carbocycles. The molecule has 0 aromatic heterocycles. The summed E-state index contributed by atoms with van der Waals surface area (Å²) in [6, 6.07) is 0. The fourth-order valence-electron chi connectivity index (χ4n) is 0.363. The Morgan fingerprint density at radius 3 is 2.50 bits per heavy atom. The van der Waals surface area contributed by atoms with Gasteiger partial charge in [0.15, 0.2) is 0 Å². The molecule has 0 fully saturated rings. The first kappa shape index (κ1) is 9.45. The van der Waals surface area contributed by atoms with Gasteiger partial charge in [-0.3, -0.25) is 0 Å². The van der Waals surface area contributed by atoms with Crippen LogP contribution in [-0.2, 0) is 0 Å². The second kappa shape index (κ2) is 4.29. The first-order chi connectivity index (χ1) is 4.63. The predicted octanol–water partition coefficient (Wildman–Crippen LogP) is 3.16. The molecule has 0 nitrogen and oxygen atoms in total. The molecule has 0 saturated heterocycles. The highest BCUT2D eigenvalue weighted by molar-refractivity contribution is 9.12. The van der Waals surface area contributed by atoms with Gasteiger partial charge in [-0.05, 0) is 35.4 Å². The van der Waals surface area contributed by atoms with Crippen LogP contribution in [0.4, 0.5) is 4.39 Å². The van der Waals surface area contributed by atoms with Crippen LogP contribution in [0.2, 0.25) is 0 Å². The average Bonchev–Trinajstić information content (AvgIpc) is 2.00. The maximum atomic E-state index is 12.8. The molecule has 0 saturated carbocycles. The van der Waals surface area contributed by atoms with E-state index >= 15 is 0 Å². The SMILES string of the molecule is C#C/C(Br)=C(F)\C(C)=C/C. The summed E-state index contributed by atoms with van der Waals surface area (Å²) < 4.78 is 13.0. The molecule has 0 unspecified atom stereocenters. The number of hydrogen-bond donors (Lipinski definition) is 0. The molecule has 0 spiro atoms. The largest absolute Gasteiger partial charge is 0.205 e. The van der Waals surface area contributed by atoms with E-state index in [0.29, 0.717) is 5.57 Å². The lowest BCUT2D eigenvalue weighted by Crippen LogP contribution is -1.78. The zero-order valence-electron chi connectivity index (χ0n) is 5.91. The fraction of sp³-hybridized carbons (Fsp3) is 0.250. The fourth-order valence-corrected chi connectivity index (χ4v) is 0.676. The van der Waals surface area contributed by atoms with Gasteiger partial charge >= 0.3 is 0 Å². The molecule has 0 aromatic carbocycles. The van der Waals surface area contributed by atoms with Crippen LogP contribution in [0.15, 0.2) is 22.0 Å². The van der Waals surface area contributed by atoms with Crippen molar-refractivity contribution in [3.8, 4) is 12.3 Å². The Hall–Kier alpha value is -0.550. The van der Waals surface area contributed by atoms with Crippen LogP contribution in [-0.4, -0.2) is 0 Å². The number of rotatable bonds is 1. The molecule has 0 amide bonds. The lowest BCUT2D eigenvalue weighted by atomic mass is 10.2. The van der Waals surface area contributed by atoms with Crippen LogP contribution in [0.3, 0.4) is 0 Å². The highest BCUT2D eigenvalue weighted by atomic mass is 79.9. The molecule has 0 N–H and O–H groups in total. The molecule has 0 bridgehead atoms. The van der Waals surface area contributed by atoms with E-state index in [0.717, 1.165) is 0 Å². The second-order valence-corrected chi connectivity index (χ2v) is 2.54. The van der Waals surface area contributed by atoms with Crippen molar-refractivity contribution < 1.29 is 4.39 Å². The van der Waals surface area contributed by atoms with Crippen molar-refractivity contribution in [2.45, 2.75) is 13.8 Å². The quantitative estimate of drug-likeness (QED) is 0.453. The third kappa shape index (κ3) is 2.36. The summed E-state index contributed by atoms with van der Waals surface area (Å²) in [4.78, 5) is 0. The number of halogens is 2. The molecule has 0 radical (unpaired) electrons. The van der Waals surface area contributed by atoms with E-state index in [1.54, 1.807) is 19.9 Å². The van der Waals surface area contributed by atoms with E-state index in [2.05, 4.69) is 21.9 Å². The minimum absolute atomic E-state index is 0.170. The molecule has 0 aromatic rings. The van der Waals surface area contributed by atoms with Gasteiger partial charge in [0.05, 0.1) is 0 Å². The predicted molar refractivity (Wildman–Crippen MR) is 45.3 cm³/mol. The van der Waals surface area contributed by atoms with Gasteiger partial charge in [-0.25, -0.2) is 4.39 Å². The number of terminal acetylenes is 1. The van der Waals surface area contributed by atoms with Crippen LogP contribution in [0.5, 0.6) is 0 Å². The van der Waals surface area contributed by atoms with Crippen molar-refractivity contribution in [1.29, 1.82) is 0 Å². The first-order valence-corrected chi connectivity index (χ1v) is 3.58. The van der Waals surface area contributed by atoms with Crippen molar-refractivity contribution in [3.05, 3.63) is 22.0 Å². The Kier molecular flexibility index (Phi) is 4.06. The topological polar surface area (TPSA) is 0 Å². The zero-order chi connectivity index (χ0) is 8.15. The maximum Gasteiger partial charge on any atom is 0.148 e. The van der Waals surface area contributed by atoms with Gasteiger partial charge < -0.3 is 0 Å². The Labute approximate surface area is 68.9 Å². The Bertz CT molecular complexity index is 218. The van der Waals surface area contributed by atoms with E-state index < -0.39 is 0 Å². The molecular formula is C8H8BrF. The minimum atomic E-state index is -0.370. The van der Waals surface area contributed by atoms with Gasteiger partial charge in [0.1, 0.15) is 10.3 Å². The van der Waals surface area contributed by atoms with E-state index in [4.69, 9.17) is 6.42 Å². The Morgan fingerprint density at radius 2 is 2.20 bits per heavy atom. The lowest BCUT2D eigenvalue weighted by molar-refractivity contribution is 0.650. The summed E-state index contributed by atoms with van der Waals surface area (Å²) >= 11 is 2.91. The third-order valence-corrected chi connectivity index (χ3v) is 1.68. The van der Waals surface area contributed by atoms with Crippen molar-refractivity contribution in [3.63, 3.8) is 0 Å². The van der Waals surface area contributed by atoms with E-state index in [-0.39, 0.29) is 10.3 Å². The maximum absolute atomic E-state index is 12.8. The third-order valence-electron chi connectivity index (χ3n) is 1.10. The van der Waals surface area contributed by atoms with Crippen molar-refractivity contribution in [2.24, 2.45) is 0 Å². The standard InChI is InChI=1S/C8H8BrF/c1-4-6(3)8(10)7(9)5-2/h2,4H,1,3H3/b6-4-,8-7-. The molecule has 0 rings (SSSR count). The highest BCUT2D eigenvalue weighted by Crippen LogP contribution is 2.19. The summed E-state index contributed by atoms with van der Waals surface area (Å²) in [5.74, 6) is 1.79. The first-order valence-electron chi connectivity index (χ1n) is 2.78. The molecule has 54 valence electrons. The molecule has 0 atom stereocenters. The van der Waals surface area contributed by atoms with Crippen molar-refractivity contribution in [1.82, 2.24) is 0 Å². The smallest absolute Gasteiger partial charge is 0.148 e. The van der Waals surface area contributed by atoms with Crippen LogP contribution >= 0.6 is 15.9 Å². The molecule has 0 heterocycles. The molecule has 0 aliphatic rings. The summed E-state index contributed by atoms with van der Waals surface area (Å²) in [5, 5.41) is 0. The van der Waals surface area contributed by atoms with Gasteiger partial charge in [0, 0.05) is 0 Å². The number of hydrogen-bond acceptors (Lipinski definition) is 0. The van der Waals surface area contributed by atoms with Gasteiger partial charge in [-0.15, -0.1) is 6.42 Å². The Morgan fingerprint density at radius 1 is 1.70 bits per heavy atom. The highest BCUT2D eigenvalue weighted by Gasteiger charge is 2.00. The van der Waals surface area contributed by atoms with Gasteiger partial charge in [-0.2, -0.15) is 0 Å². The molecular weight excluding hydrogens is 195 g/mol. The van der Waals surface area contributed by atoms with E-state index in [1.807, 2.05) is 0 Å². The molecule has 2 heteroatoms. The second-order valence-electron chi connectivity index (χ2n) is 1.74. The van der Waals surface area contributed by atoms with Crippen LogP contribution in [0.25, 0.3) is 0 Å². The lowest BCUT2D eigenvalue weighted by Gasteiger charge is -1.94. The normalized spacial score (nSPS) is 14.1. The van der Waals surface area contributed by atoms with Crippen molar-refractivity contribution in [2.75, 3.05) is 0 Å². The summed E-state index contributed by atoms with van der Waals surface area (Å²) in [6.45, 7) is 3.42. The van der Waals surface area contributed by atoms with E-state index in [1.165, 1.54) is 0 Å². The molecule has 0 aliphatic heterocycles. The summed E-state index contributed by atoms with van der Waals surface area (Å²) in [7, 11) is 0. The van der Waals surface area contributed by atoms with Crippen molar-refractivity contribution >= 4 is 15.9 Å². The summed E-state index contributed by atoms with van der Waals surface area (Å²) in [6.07, 6.45) is 6.60. The minimum Gasteiger partial charge on any atom is -0.205 e. The van der Waals surface area contributed by atoms with Gasteiger partial charge in [0.2, 0.25) is 0 Å². The van der Waals surface area contributed by atoms with E-state index in [9.17, 15) is 4.39 Å². The van der Waals surface area contributed by atoms with Gasteiger partial charge in [0.25, 0.3) is 0 Å². The zero-order valence-corrected chi connectivity index (χ0v) is 7.50. The van der Waals surface area contributed by atoms with Gasteiger partial charge in [-0.1, -0.05) is 12.0 Å². The Balaban J connectivity index is 4.68. The van der Waals surface area contributed by atoms with Crippen LogP contribution in [0, 0.1) is 12.3 Å². The number of allylic oxidation sites excluding steroid dienone is 4. The average molecular weight is 203 g/mol. The monoisotopic (exact) mass is 202 g/mol.